The number of anilines is 1. The van der Waals surface area contributed by atoms with E-state index in [1.807, 2.05) is 19.1 Å². The van der Waals surface area contributed by atoms with Crippen LogP contribution in [0, 0.1) is 5.82 Å². The highest BCUT2D eigenvalue weighted by atomic mass is 19.1. The van der Waals surface area contributed by atoms with Gasteiger partial charge in [0.1, 0.15) is 12.4 Å². The Morgan fingerprint density at radius 1 is 0.944 bits per heavy atom. The number of methoxy groups -OCH3 is 2. The summed E-state index contributed by atoms with van der Waals surface area (Å²) in [5, 5.41) is 2.79. The molecule has 1 N–H and O–H groups in total. The first-order chi connectivity index (χ1) is 17.3. The summed E-state index contributed by atoms with van der Waals surface area (Å²) in [6, 6.07) is 15.6. The molecule has 0 radical (unpaired) electrons. The van der Waals surface area contributed by atoms with E-state index in [2.05, 4.69) is 5.32 Å². The molecular formula is C28H25FN2O5. The van der Waals surface area contributed by atoms with Crippen LogP contribution in [0.1, 0.15) is 28.4 Å². The number of aryl methyl sites for hydroxylation is 1. The van der Waals surface area contributed by atoms with Crippen molar-refractivity contribution in [3.05, 3.63) is 99.6 Å². The molecule has 8 heteroatoms. The fraction of sp³-hybridized carbons (Fsp3) is 0.179. The number of ketones is 1. The molecule has 3 aromatic carbocycles. The Labute approximate surface area is 207 Å². The van der Waals surface area contributed by atoms with Gasteiger partial charge in [0.2, 0.25) is 11.3 Å². The molecule has 4 aromatic rings. The zero-order chi connectivity index (χ0) is 25.8. The van der Waals surface area contributed by atoms with Gasteiger partial charge in [0.05, 0.1) is 25.3 Å². The highest BCUT2D eigenvalue weighted by Gasteiger charge is 2.19. The second-order valence-electron chi connectivity index (χ2n) is 8.16. The molecule has 36 heavy (non-hydrogen) atoms. The van der Waals surface area contributed by atoms with Gasteiger partial charge in [-0.05, 0) is 42.3 Å². The molecule has 4 rings (SSSR count). The van der Waals surface area contributed by atoms with Gasteiger partial charge in [-0.3, -0.25) is 14.4 Å². The molecule has 0 bridgehead atoms. The molecule has 1 heterocycles. The van der Waals surface area contributed by atoms with Crippen molar-refractivity contribution in [1.82, 2.24) is 4.57 Å². The van der Waals surface area contributed by atoms with Crippen LogP contribution in [0.15, 0.2) is 71.7 Å². The molecule has 0 aliphatic heterocycles. The number of hydrogen-bond acceptors (Lipinski definition) is 5. The zero-order valence-corrected chi connectivity index (χ0v) is 20.1. The number of ether oxygens (including phenoxy) is 2. The quantitative estimate of drug-likeness (QED) is 0.367. The number of rotatable bonds is 8. The van der Waals surface area contributed by atoms with Gasteiger partial charge in [-0.15, -0.1) is 0 Å². The van der Waals surface area contributed by atoms with Crippen molar-refractivity contribution in [2.75, 3.05) is 19.5 Å². The molecule has 0 fully saturated rings. The molecule has 0 spiro atoms. The number of carbonyl (C=O) groups is 2. The van der Waals surface area contributed by atoms with Crippen LogP contribution in [0.25, 0.3) is 10.9 Å². The van der Waals surface area contributed by atoms with E-state index in [1.165, 1.54) is 37.1 Å². The minimum Gasteiger partial charge on any atom is -0.493 e. The Hall–Kier alpha value is -4.46. The monoisotopic (exact) mass is 488 g/mol. The molecule has 1 amide bonds. The topological polar surface area (TPSA) is 86.6 Å². The van der Waals surface area contributed by atoms with Crippen LogP contribution in [-0.2, 0) is 17.8 Å². The first kappa shape index (κ1) is 24.7. The average molecular weight is 489 g/mol. The highest BCUT2D eigenvalue weighted by molar-refractivity contribution is 6.10. The fourth-order valence-corrected chi connectivity index (χ4v) is 3.98. The number of benzene rings is 3. The lowest BCUT2D eigenvalue weighted by Gasteiger charge is -2.14. The van der Waals surface area contributed by atoms with Gasteiger partial charge in [0, 0.05) is 28.9 Å². The van der Waals surface area contributed by atoms with Crippen molar-refractivity contribution < 1.29 is 23.5 Å². The Bertz CT molecular complexity index is 1510. The predicted octanol–water partition coefficient (Wildman–Crippen LogP) is 4.59. The first-order valence-corrected chi connectivity index (χ1v) is 11.3. The summed E-state index contributed by atoms with van der Waals surface area (Å²) in [5.74, 6) is -0.566. The lowest BCUT2D eigenvalue weighted by atomic mass is 10.0. The summed E-state index contributed by atoms with van der Waals surface area (Å²) in [6.45, 7) is 1.78. The third-order valence-corrected chi connectivity index (χ3v) is 5.89. The van der Waals surface area contributed by atoms with Gasteiger partial charge < -0.3 is 19.4 Å². The Balaban J connectivity index is 1.71. The third kappa shape index (κ3) is 4.98. The van der Waals surface area contributed by atoms with Gasteiger partial charge in [-0.1, -0.05) is 31.2 Å². The van der Waals surface area contributed by atoms with Crippen molar-refractivity contribution in [1.29, 1.82) is 0 Å². The van der Waals surface area contributed by atoms with E-state index in [1.54, 1.807) is 30.3 Å². The number of amides is 1. The first-order valence-electron chi connectivity index (χ1n) is 11.3. The maximum absolute atomic E-state index is 14.0. The fourth-order valence-electron chi connectivity index (χ4n) is 3.98. The molecule has 0 saturated heterocycles. The normalized spacial score (nSPS) is 10.8. The van der Waals surface area contributed by atoms with Gasteiger partial charge >= 0.3 is 0 Å². The summed E-state index contributed by atoms with van der Waals surface area (Å²) in [7, 11) is 3.00. The Morgan fingerprint density at radius 3 is 2.33 bits per heavy atom. The minimum absolute atomic E-state index is 0.0185. The number of pyridine rings is 1. The van der Waals surface area contributed by atoms with Crippen molar-refractivity contribution in [3.63, 3.8) is 0 Å². The highest BCUT2D eigenvalue weighted by Crippen LogP contribution is 2.29. The van der Waals surface area contributed by atoms with E-state index in [9.17, 15) is 18.8 Å². The standard InChI is InChI=1S/C28H25FN2O5/c1-4-17-5-7-18(8-6-17)27(33)22-15-31(23-11-9-19(29)13-21(23)28(22)34)16-26(32)30-20-10-12-24(35-2)25(14-20)36-3/h5-15H,4,16H2,1-3H3,(H,30,32). The van der Waals surface area contributed by atoms with Gasteiger partial charge in [-0.25, -0.2) is 4.39 Å². The largest absolute Gasteiger partial charge is 0.493 e. The number of carbonyl (C=O) groups excluding carboxylic acids is 2. The summed E-state index contributed by atoms with van der Waals surface area (Å²) in [6.07, 6.45) is 2.17. The third-order valence-electron chi connectivity index (χ3n) is 5.89. The maximum atomic E-state index is 14.0. The predicted molar refractivity (Wildman–Crippen MR) is 136 cm³/mol. The number of aromatic nitrogens is 1. The van der Waals surface area contributed by atoms with Crippen LogP contribution in [0.5, 0.6) is 11.5 Å². The van der Waals surface area contributed by atoms with E-state index >= 15 is 0 Å². The SMILES string of the molecule is CCc1ccc(C(=O)c2cn(CC(=O)Nc3ccc(OC)c(OC)c3)c3ccc(F)cc3c2=O)cc1. The lowest BCUT2D eigenvalue weighted by molar-refractivity contribution is -0.116. The summed E-state index contributed by atoms with van der Waals surface area (Å²) >= 11 is 0. The zero-order valence-electron chi connectivity index (χ0n) is 20.1. The molecule has 1 aromatic heterocycles. The van der Waals surface area contributed by atoms with E-state index in [0.717, 1.165) is 18.1 Å². The summed E-state index contributed by atoms with van der Waals surface area (Å²) in [4.78, 5) is 39.3. The van der Waals surface area contributed by atoms with Crippen LogP contribution >= 0.6 is 0 Å². The van der Waals surface area contributed by atoms with Crippen molar-refractivity contribution in [2.24, 2.45) is 0 Å². The number of fused-ring (bicyclic) bond motifs is 1. The van der Waals surface area contributed by atoms with Crippen molar-refractivity contribution in [3.8, 4) is 11.5 Å². The molecule has 7 nitrogen and oxygen atoms in total. The van der Waals surface area contributed by atoms with Crippen LogP contribution in [0.2, 0.25) is 0 Å². The smallest absolute Gasteiger partial charge is 0.244 e. The second-order valence-corrected chi connectivity index (χ2v) is 8.16. The van der Waals surface area contributed by atoms with Crippen LogP contribution in [0.3, 0.4) is 0 Å². The van der Waals surface area contributed by atoms with E-state index < -0.39 is 22.9 Å². The number of halogens is 1. The van der Waals surface area contributed by atoms with Crippen LogP contribution in [-0.4, -0.2) is 30.5 Å². The van der Waals surface area contributed by atoms with E-state index in [4.69, 9.17) is 9.47 Å². The number of nitrogens with zero attached hydrogens (tertiary/aromatic N) is 1. The van der Waals surface area contributed by atoms with Crippen molar-refractivity contribution in [2.45, 2.75) is 19.9 Å². The van der Waals surface area contributed by atoms with E-state index in [0.29, 0.717) is 28.3 Å². The molecule has 0 aliphatic rings. The number of nitrogens with one attached hydrogen (secondary N) is 1. The molecule has 0 aliphatic carbocycles. The molecule has 0 unspecified atom stereocenters. The minimum atomic E-state index is -0.613. The molecule has 184 valence electrons. The van der Waals surface area contributed by atoms with Crippen LogP contribution < -0.4 is 20.2 Å². The van der Waals surface area contributed by atoms with Gasteiger partial charge in [0.15, 0.2) is 17.3 Å². The summed E-state index contributed by atoms with van der Waals surface area (Å²) in [5.41, 5.74) is 1.46. The molecule has 0 atom stereocenters. The molecule has 0 saturated carbocycles. The van der Waals surface area contributed by atoms with Crippen LogP contribution in [0.4, 0.5) is 10.1 Å². The lowest BCUT2D eigenvalue weighted by Crippen LogP contribution is -2.24. The average Bonchev–Trinajstić information content (AvgIpc) is 2.89. The Morgan fingerprint density at radius 2 is 1.67 bits per heavy atom. The summed E-state index contributed by atoms with van der Waals surface area (Å²) < 4.78 is 26.0. The van der Waals surface area contributed by atoms with Gasteiger partial charge in [0.25, 0.3) is 0 Å². The molecular weight excluding hydrogens is 463 g/mol. The van der Waals surface area contributed by atoms with Gasteiger partial charge in [-0.2, -0.15) is 0 Å². The maximum Gasteiger partial charge on any atom is 0.244 e. The van der Waals surface area contributed by atoms with Crippen molar-refractivity contribution >= 4 is 28.3 Å². The Kier molecular flexibility index (Phi) is 7.15. The van der Waals surface area contributed by atoms with E-state index in [-0.39, 0.29) is 17.5 Å². The number of hydrogen-bond donors (Lipinski definition) is 1. The second kappa shape index (κ2) is 10.4.